The Kier molecular flexibility index (Phi) is 6.88. The van der Waals surface area contributed by atoms with Gasteiger partial charge in [0.15, 0.2) is 5.76 Å². The zero-order chi connectivity index (χ0) is 24.5. The molecular weight excluding hydrogens is 493 g/mol. The Labute approximate surface area is 212 Å². The number of halogens is 2. The fraction of sp³-hybridized carbons (Fsp3) is 0.360. The zero-order valence-electron chi connectivity index (χ0n) is 18.8. The van der Waals surface area contributed by atoms with Crippen molar-refractivity contribution in [1.29, 1.82) is 0 Å². The van der Waals surface area contributed by atoms with Gasteiger partial charge in [-0.05, 0) is 74.3 Å². The van der Waals surface area contributed by atoms with Crippen molar-refractivity contribution in [2.75, 3.05) is 19.6 Å². The summed E-state index contributed by atoms with van der Waals surface area (Å²) in [7, 11) is 0. The lowest BCUT2D eigenvalue weighted by Crippen LogP contribution is -2.52. The highest BCUT2D eigenvalue weighted by molar-refractivity contribution is 6.44. The number of hydrogen-bond donors (Lipinski definition) is 3. The van der Waals surface area contributed by atoms with Crippen molar-refractivity contribution in [2.24, 2.45) is 5.16 Å². The van der Waals surface area contributed by atoms with Gasteiger partial charge in [0, 0.05) is 17.0 Å². The molecule has 0 unspecified atom stereocenters. The van der Waals surface area contributed by atoms with E-state index in [2.05, 4.69) is 15.4 Å². The number of oxime groups is 1. The Morgan fingerprint density at radius 2 is 2.00 bits per heavy atom. The van der Waals surface area contributed by atoms with E-state index in [1.165, 1.54) is 0 Å². The number of carbonyl (C=O) groups is 1. The minimum atomic E-state index is -1.05. The Balaban J connectivity index is 1.35. The van der Waals surface area contributed by atoms with Gasteiger partial charge in [0.05, 0.1) is 17.2 Å². The number of amides is 1. The zero-order valence-corrected chi connectivity index (χ0v) is 20.3. The lowest BCUT2D eigenvalue weighted by Gasteiger charge is -2.36. The first-order chi connectivity index (χ1) is 16.9. The first kappa shape index (κ1) is 23.9. The smallest absolute Gasteiger partial charge is 0.277 e. The Morgan fingerprint density at radius 1 is 1.20 bits per heavy atom. The molecule has 1 saturated heterocycles. The third-order valence-corrected chi connectivity index (χ3v) is 6.77. The molecule has 2 heterocycles. The standard InChI is InChI=1S/C25H25Cl2N3O5/c26-16-3-7-20-15(10-16)12-22(35-20)23(29-33)25(32)28-19(13-30-8-1-9-30)24(31)14-2-6-21(18(27)11-14)34-17-4-5-17/h2-3,6-7,10-12,17,19,24,31,33H,1,4-5,8-9,13H2,(H,28,32)/b29-23+/t19-,24-/m1/s1. The molecule has 1 aliphatic carbocycles. The summed E-state index contributed by atoms with van der Waals surface area (Å²) in [4.78, 5) is 15.3. The second kappa shape index (κ2) is 10.1. The predicted molar refractivity (Wildman–Crippen MR) is 133 cm³/mol. The molecule has 3 aromatic rings. The van der Waals surface area contributed by atoms with Gasteiger partial charge in [-0.1, -0.05) is 34.4 Å². The van der Waals surface area contributed by atoms with Crippen LogP contribution in [-0.2, 0) is 4.79 Å². The van der Waals surface area contributed by atoms with Gasteiger partial charge in [0.2, 0.25) is 5.71 Å². The minimum Gasteiger partial charge on any atom is -0.489 e. The number of benzene rings is 2. The molecule has 1 saturated carbocycles. The van der Waals surface area contributed by atoms with Gasteiger partial charge < -0.3 is 29.7 Å². The summed E-state index contributed by atoms with van der Waals surface area (Å²) in [5, 5.41) is 28.4. The number of likely N-dealkylation sites (tertiary alicyclic amines) is 1. The highest BCUT2D eigenvalue weighted by Crippen LogP contribution is 2.34. The van der Waals surface area contributed by atoms with E-state index >= 15 is 0 Å². The molecular formula is C25H25Cl2N3O5. The second-order valence-corrected chi connectivity index (χ2v) is 9.77. The SMILES string of the molecule is O=C(N[C@H](CN1CCC1)[C@H](O)c1ccc(OC2CC2)c(Cl)c1)/C(=N/O)c1cc2cc(Cl)ccc2o1. The molecule has 2 atom stereocenters. The lowest BCUT2D eigenvalue weighted by molar-refractivity contribution is -0.116. The van der Waals surface area contributed by atoms with Crippen molar-refractivity contribution in [3.63, 3.8) is 0 Å². The van der Waals surface area contributed by atoms with Crippen molar-refractivity contribution in [1.82, 2.24) is 10.2 Å². The lowest BCUT2D eigenvalue weighted by atomic mass is 10.00. The number of nitrogens with one attached hydrogen (secondary N) is 1. The maximum absolute atomic E-state index is 13.1. The van der Waals surface area contributed by atoms with Crippen molar-refractivity contribution < 1.29 is 24.3 Å². The molecule has 1 amide bonds. The number of hydrogen-bond acceptors (Lipinski definition) is 7. The largest absolute Gasteiger partial charge is 0.489 e. The first-order valence-electron chi connectivity index (χ1n) is 11.5. The summed E-state index contributed by atoms with van der Waals surface area (Å²) in [6.45, 7) is 2.16. The number of fused-ring (bicyclic) bond motifs is 1. The van der Waals surface area contributed by atoms with Crippen LogP contribution in [0.5, 0.6) is 5.75 Å². The second-order valence-electron chi connectivity index (χ2n) is 8.93. The number of carbonyl (C=O) groups excluding carboxylic acids is 1. The predicted octanol–water partition coefficient (Wildman–Crippen LogP) is 4.38. The average molecular weight is 518 g/mol. The van der Waals surface area contributed by atoms with E-state index in [0.29, 0.717) is 38.9 Å². The molecule has 35 heavy (non-hydrogen) atoms. The molecule has 0 bridgehead atoms. The molecule has 0 spiro atoms. The number of aliphatic hydroxyl groups excluding tert-OH is 1. The fourth-order valence-corrected chi connectivity index (χ4v) is 4.45. The number of furan rings is 1. The summed E-state index contributed by atoms with van der Waals surface area (Å²) in [5.41, 5.74) is 0.743. The first-order valence-corrected chi connectivity index (χ1v) is 12.3. The highest BCUT2D eigenvalue weighted by Gasteiger charge is 2.31. The van der Waals surface area contributed by atoms with Crippen LogP contribution in [0.25, 0.3) is 11.0 Å². The normalized spacial score (nSPS) is 18.2. The third kappa shape index (κ3) is 5.41. The number of aliphatic hydroxyl groups is 1. The molecule has 2 fully saturated rings. The van der Waals surface area contributed by atoms with Crippen LogP contribution in [0.2, 0.25) is 10.0 Å². The molecule has 1 aliphatic heterocycles. The van der Waals surface area contributed by atoms with Crippen molar-refractivity contribution in [3.05, 3.63) is 63.8 Å². The van der Waals surface area contributed by atoms with Crippen LogP contribution in [0.1, 0.15) is 36.7 Å². The van der Waals surface area contributed by atoms with E-state index in [0.717, 1.165) is 32.4 Å². The fourth-order valence-electron chi connectivity index (χ4n) is 4.04. The van der Waals surface area contributed by atoms with E-state index in [-0.39, 0.29) is 17.6 Å². The number of ether oxygens (including phenoxy) is 1. The molecule has 5 rings (SSSR count). The van der Waals surface area contributed by atoms with E-state index in [1.54, 1.807) is 42.5 Å². The van der Waals surface area contributed by atoms with Crippen LogP contribution in [0.15, 0.2) is 52.0 Å². The maximum Gasteiger partial charge on any atom is 0.277 e. The van der Waals surface area contributed by atoms with Gasteiger partial charge in [-0.2, -0.15) is 0 Å². The van der Waals surface area contributed by atoms with Crippen LogP contribution in [0, 0.1) is 0 Å². The van der Waals surface area contributed by atoms with Gasteiger partial charge in [0.25, 0.3) is 5.91 Å². The Hall–Kier alpha value is -2.78. The topological polar surface area (TPSA) is 108 Å². The number of nitrogens with zero attached hydrogens (tertiary/aromatic N) is 2. The summed E-state index contributed by atoms with van der Waals surface area (Å²) >= 11 is 12.4. The van der Waals surface area contributed by atoms with Gasteiger partial charge >= 0.3 is 0 Å². The van der Waals surface area contributed by atoms with Crippen LogP contribution in [0.3, 0.4) is 0 Å². The average Bonchev–Trinajstić information content (AvgIpc) is 3.53. The van der Waals surface area contributed by atoms with Gasteiger partial charge in [-0.25, -0.2) is 0 Å². The Bertz CT molecular complexity index is 1270. The van der Waals surface area contributed by atoms with Crippen LogP contribution >= 0.6 is 23.2 Å². The monoisotopic (exact) mass is 517 g/mol. The molecule has 3 N–H and O–H groups in total. The van der Waals surface area contributed by atoms with Gasteiger partial charge in [-0.3, -0.25) is 4.79 Å². The molecule has 8 nitrogen and oxygen atoms in total. The molecule has 10 heteroatoms. The molecule has 1 aromatic heterocycles. The van der Waals surface area contributed by atoms with Gasteiger partial charge in [0.1, 0.15) is 17.4 Å². The third-order valence-electron chi connectivity index (χ3n) is 6.24. The number of rotatable bonds is 9. The van der Waals surface area contributed by atoms with Crippen molar-refractivity contribution in [2.45, 2.75) is 37.5 Å². The van der Waals surface area contributed by atoms with Crippen LogP contribution in [0.4, 0.5) is 0 Å². The van der Waals surface area contributed by atoms with Crippen LogP contribution < -0.4 is 10.1 Å². The van der Waals surface area contributed by atoms with E-state index in [4.69, 9.17) is 32.4 Å². The highest BCUT2D eigenvalue weighted by atomic mass is 35.5. The molecule has 0 radical (unpaired) electrons. The van der Waals surface area contributed by atoms with Gasteiger partial charge in [-0.15, -0.1) is 0 Å². The summed E-state index contributed by atoms with van der Waals surface area (Å²) in [6.07, 6.45) is 2.23. The van der Waals surface area contributed by atoms with E-state index < -0.39 is 18.1 Å². The summed E-state index contributed by atoms with van der Waals surface area (Å²) < 4.78 is 11.5. The van der Waals surface area contributed by atoms with E-state index in [9.17, 15) is 15.1 Å². The molecule has 2 aliphatic rings. The summed E-state index contributed by atoms with van der Waals surface area (Å²) in [5.74, 6) is -0.0146. The van der Waals surface area contributed by atoms with Crippen molar-refractivity contribution in [3.8, 4) is 5.75 Å². The molecule has 2 aromatic carbocycles. The quantitative estimate of drug-likeness (QED) is 0.221. The Morgan fingerprint density at radius 3 is 2.66 bits per heavy atom. The maximum atomic E-state index is 13.1. The molecule has 184 valence electrons. The van der Waals surface area contributed by atoms with E-state index in [1.807, 2.05) is 0 Å². The minimum absolute atomic E-state index is 0.0871. The van der Waals surface area contributed by atoms with Crippen LogP contribution in [-0.4, -0.2) is 58.6 Å². The summed E-state index contributed by atoms with van der Waals surface area (Å²) in [6, 6.07) is 11.1. The van der Waals surface area contributed by atoms with Crippen molar-refractivity contribution >= 4 is 45.8 Å².